The number of methoxy groups -OCH3 is 1. The van der Waals surface area contributed by atoms with Crippen LogP contribution in [-0.2, 0) is 0 Å². The van der Waals surface area contributed by atoms with Crippen molar-refractivity contribution in [1.29, 1.82) is 0 Å². The fourth-order valence-corrected chi connectivity index (χ4v) is 1.74. The molecule has 0 aliphatic rings. The molecule has 0 aliphatic carbocycles. The molecule has 1 heterocycles. The minimum Gasteiger partial charge on any atom is -0.496 e. The molecule has 0 spiro atoms. The molecular weight excluding hydrogens is 288 g/mol. The molecule has 2 aromatic rings. The Morgan fingerprint density at radius 2 is 2.12 bits per heavy atom. The maximum atomic E-state index is 10.8. The molecule has 0 saturated heterocycles. The third-order valence-electron chi connectivity index (χ3n) is 2.00. The number of aromatic amines is 1. The second-order valence-corrected chi connectivity index (χ2v) is 4.01. The third-order valence-corrected chi connectivity index (χ3v) is 2.62. The Kier molecular flexibility index (Phi) is 3.43. The SMILES string of the molecule is COc1ccc(Oc2ccc(=O)[nH]n2)cc1Br. The summed E-state index contributed by atoms with van der Waals surface area (Å²) < 4.78 is 11.3. The Bertz CT molecular complexity index is 563. The Morgan fingerprint density at radius 3 is 2.71 bits per heavy atom. The second kappa shape index (κ2) is 5.01. The van der Waals surface area contributed by atoms with Gasteiger partial charge in [0.05, 0.1) is 11.6 Å². The van der Waals surface area contributed by atoms with Crippen LogP contribution in [0.4, 0.5) is 0 Å². The van der Waals surface area contributed by atoms with Gasteiger partial charge in [-0.1, -0.05) is 0 Å². The number of nitrogens with zero attached hydrogens (tertiary/aromatic N) is 1. The molecule has 1 N–H and O–H groups in total. The zero-order chi connectivity index (χ0) is 12.3. The summed E-state index contributed by atoms with van der Waals surface area (Å²) in [6, 6.07) is 8.12. The van der Waals surface area contributed by atoms with Crippen molar-refractivity contribution in [3.8, 4) is 17.4 Å². The van der Waals surface area contributed by atoms with Crippen LogP contribution < -0.4 is 15.0 Å². The lowest BCUT2D eigenvalue weighted by atomic mass is 10.3. The fourth-order valence-electron chi connectivity index (χ4n) is 1.22. The number of hydrogen-bond donors (Lipinski definition) is 1. The topological polar surface area (TPSA) is 64.2 Å². The van der Waals surface area contributed by atoms with Crippen molar-refractivity contribution in [1.82, 2.24) is 10.2 Å². The standard InChI is InChI=1S/C11H9BrN2O3/c1-16-9-3-2-7(6-8(9)12)17-11-5-4-10(15)13-14-11/h2-6H,1H3,(H,13,15). The van der Waals surface area contributed by atoms with Crippen molar-refractivity contribution < 1.29 is 9.47 Å². The molecule has 0 unspecified atom stereocenters. The van der Waals surface area contributed by atoms with Crippen molar-refractivity contribution in [3.05, 3.63) is 45.2 Å². The van der Waals surface area contributed by atoms with Gasteiger partial charge in [-0.3, -0.25) is 4.79 Å². The molecule has 0 amide bonds. The van der Waals surface area contributed by atoms with Gasteiger partial charge in [0.1, 0.15) is 11.5 Å². The highest BCUT2D eigenvalue weighted by atomic mass is 79.9. The van der Waals surface area contributed by atoms with Gasteiger partial charge in [-0.25, -0.2) is 5.10 Å². The molecule has 0 aliphatic heterocycles. The van der Waals surface area contributed by atoms with Gasteiger partial charge in [0.15, 0.2) is 0 Å². The molecule has 17 heavy (non-hydrogen) atoms. The normalized spacial score (nSPS) is 10.0. The van der Waals surface area contributed by atoms with Gasteiger partial charge in [0.2, 0.25) is 5.88 Å². The number of aromatic nitrogens is 2. The average molecular weight is 297 g/mol. The summed E-state index contributed by atoms with van der Waals surface area (Å²) >= 11 is 3.35. The lowest BCUT2D eigenvalue weighted by Gasteiger charge is -2.06. The van der Waals surface area contributed by atoms with E-state index in [1.165, 1.54) is 12.1 Å². The maximum absolute atomic E-state index is 10.8. The summed E-state index contributed by atoms with van der Waals surface area (Å²) in [4.78, 5) is 10.8. The van der Waals surface area contributed by atoms with Crippen LogP contribution in [0.1, 0.15) is 0 Å². The quantitative estimate of drug-likeness (QED) is 0.944. The smallest absolute Gasteiger partial charge is 0.264 e. The molecule has 0 bridgehead atoms. The molecular formula is C11H9BrN2O3. The Labute approximate surface area is 106 Å². The second-order valence-electron chi connectivity index (χ2n) is 3.16. The van der Waals surface area contributed by atoms with Gasteiger partial charge in [0.25, 0.3) is 5.56 Å². The summed E-state index contributed by atoms with van der Waals surface area (Å²) in [5, 5.41) is 6.03. The van der Waals surface area contributed by atoms with Gasteiger partial charge in [0, 0.05) is 12.1 Å². The Morgan fingerprint density at radius 1 is 1.29 bits per heavy atom. The highest BCUT2D eigenvalue weighted by Crippen LogP contribution is 2.30. The van der Waals surface area contributed by atoms with Gasteiger partial charge >= 0.3 is 0 Å². The van der Waals surface area contributed by atoms with Crippen LogP contribution in [0.3, 0.4) is 0 Å². The van der Waals surface area contributed by atoms with E-state index in [1.807, 2.05) is 0 Å². The lowest BCUT2D eigenvalue weighted by molar-refractivity contribution is 0.409. The van der Waals surface area contributed by atoms with E-state index in [4.69, 9.17) is 9.47 Å². The van der Waals surface area contributed by atoms with E-state index in [9.17, 15) is 4.79 Å². The van der Waals surface area contributed by atoms with Crippen LogP contribution in [0.15, 0.2) is 39.6 Å². The first-order chi connectivity index (χ1) is 8.19. The van der Waals surface area contributed by atoms with Gasteiger partial charge in [-0.2, -0.15) is 0 Å². The highest BCUT2D eigenvalue weighted by molar-refractivity contribution is 9.10. The predicted octanol–water partition coefficient (Wildman–Crippen LogP) is 2.33. The van der Waals surface area contributed by atoms with Crippen LogP contribution in [0, 0.1) is 0 Å². The molecule has 6 heteroatoms. The number of ether oxygens (including phenoxy) is 2. The molecule has 5 nitrogen and oxygen atoms in total. The number of hydrogen-bond acceptors (Lipinski definition) is 4. The van der Waals surface area contributed by atoms with E-state index in [2.05, 4.69) is 26.1 Å². The van der Waals surface area contributed by atoms with E-state index in [0.29, 0.717) is 17.4 Å². The predicted molar refractivity (Wildman–Crippen MR) is 65.6 cm³/mol. The number of rotatable bonds is 3. The van der Waals surface area contributed by atoms with Crippen molar-refractivity contribution in [3.63, 3.8) is 0 Å². The Hall–Kier alpha value is -1.82. The maximum Gasteiger partial charge on any atom is 0.264 e. The van der Waals surface area contributed by atoms with Crippen LogP contribution in [0.5, 0.6) is 17.4 Å². The molecule has 1 aromatic carbocycles. The van der Waals surface area contributed by atoms with Gasteiger partial charge in [-0.15, -0.1) is 5.10 Å². The largest absolute Gasteiger partial charge is 0.496 e. The van der Waals surface area contributed by atoms with Crippen LogP contribution >= 0.6 is 15.9 Å². The van der Waals surface area contributed by atoms with E-state index in [1.54, 1.807) is 25.3 Å². The third kappa shape index (κ3) is 2.85. The van der Waals surface area contributed by atoms with Crippen molar-refractivity contribution in [2.24, 2.45) is 0 Å². The molecule has 0 fully saturated rings. The first-order valence-electron chi connectivity index (χ1n) is 4.76. The van der Waals surface area contributed by atoms with Crippen LogP contribution in [0.2, 0.25) is 0 Å². The van der Waals surface area contributed by atoms with Gasteiger partial charge < -0.3 is 9.47 Å². The summed E-state index contributed by atoms with van der Waals surface area (Å²) in [6.45, 7) is 0. The molecule has 0 saturated carbocycles. The van der Waals surface area contributed by atoms with Crippen LogP contribution in [0.25, 0.3) is 0 Å². The molecule has 88 valence electrons. The Balaban J connectivity index is 2.21. The zero-order valence-corrected chi connectivity index (χ0v) is 10.5. The van der Waals surface area contributed by atoms with E-state index >= 15 is 0 Å². The summed E-state index contributed by atoms with van der Waals surface area (Å²) in [6.07, 6.45) is 0. The number of benzene rings is 1. The number of nitrogens with one attached hydrogen (secondary N) is 1. The summed E-state index contributed by atoms with van der Waals surface area (Å²) in [7, 11) is 1.59. The molecule has 0 atom stereocenters. The fraction of sp³-hybridized carbons (Fsp3) is 0.0909. The monoisotopic (exact) mass is 296 g/mol. The van der Waals surface area contributed by atoms with Gasteiger partial charge in [-0.05, 0) is 34.1 Å². The molecule has 1 aromatic heterocycles. The lowest BCUT2D eigenvalue weighted by Crippen LogP contribution is -2.05. The minimum atomic E-state index is -0.270. The minimum absolute atomic E-state index is 0.270. The highest BCUT2D eigenvalue weighted by Gasteiger charge is 2.03. The molecule has 0 radical (unpaired) electrons. The van der Waals surface area contributed by atoms with Crippen LogP contribution in [-0.4, -0.2) is 17.3 Å². The average Bonchev–Trinajstić information content (AvgIpc) is 2.32. The van der Waals surface area contributed by atoms with E-state index in [0.717, 1.165) is 4.47 Å². The number of H-pyrrole nitrogens is 1. The van der Waals surface area contributed by atoms with Crippen molar-refractivity contribution in [2.45, 2.75) is 0 Å². The van der Waals surface area contributed by atoms with E-state index < -0.39 is 0 Å². The summed E-state index contributed by atoms with van der Waals surface area (Å²) in [5.41, 5.74) is -0.270. The first kappa shape index (κ1) is 11.7. The molecule has 2 rings (SSSR count). The zero-order valence-electron chi connectivity index (χ0n) is 8.94. The number of halogens is 1. The van der Waals surface area contributed by atoms with Crippen molar-refractivity contribution >= 4 is 15.9 Å². The summed E-state index contributed by atoms with van der Waals surface area (Å²) in [5.74, 6) is 1.63. The van der Waals surface area contributed by atoms with Crippen molar-refractivity contribution in [2.75, 3.05) is 7.11 Å². The van der Waals surface area contributed by atoms with E-state index in [-0.39, 0.29) is 5.56 Å². The first-order valence-corrected chi connectivity index (χ1v) is 5.55.